The molecule has 0 spiro atoms. The zero-order valence-corrected chi connectivity index (χ0v) is 12.2. The summed E-state index contributed by atoms with van der Waals surface area (Å²) in [4.78, 5) is 34.8. The van der Waals surface area contributed by atoms with Gasteiger partial charge in [0.15, 0.2) is 5.78 Å². The minimum Gasteiger partial charge on any atom is -0.465 e. The van der Waals surface area contributed by atoms with Crippen LogP contribution < -0.4 is 0 Å². The molecule has 6 heteroatoms. The highest BCUT2D eigenvalue weighted by Crippen LogP contribution is 2.28. The number of azo groups is 1. The van der Waals surface area contributed by atoms with Crippen molar-refractivity contribution in [2.75, 3.05) is 7.11 Å². The molecule has 0 radical (unpaired) electrons. The molecule has 1 aromatic rings. The predicted octanol–water partition coefficient (Wildman–Crippen LogP) is 2.47. The number of allylic oxidation sites excluding steroid dienone is 1. The summed E-state index contributed by atoms with van der Waals surface area (Å²) < 4.78 is 4.59. The predicted molar refractivity (Wildman–Crippen MR) is 78.6 cm³/mol. The van der Waals surface area contributed by atoms with Gasteiger partial charge in [-0.15, -0.1) is 10.2 Å². The maximum atomic E-state index is 11.7. The van der Waals surface area contributed by atoms with Crippen molar-refractivity contribution >= 4 is 23.4 Å². The molecule has 22 heavy (non-hydrogen) atoms. The molecule has 0 atom stereocenters. The molecule has 112 valence electrons. The van der Waals surface area contributed by atoms with Gasteiger partial charge in [0.2, 0.25) is 0 Å². The Labute approximate surface area is 127 Å². The third-order valence-corrected chi connectivity index (χ3v) is 3.06. The zero-order chi connectivity index (χ0) is 16.1. The SMILES string of the molecule is COC(=O)/C(=C\C1=C(c2ccccc2)N=NC(=O)C1)C(C)=O. The molecule has 0 saturated heterocycles. The van der Waals surface area contributed by atoms with E-state index in [-0.39, 0.29) is 12.0 Å². The Morgan fingerprint density at radius 3 is 2.45 bits per heavy atom. The quantitative estimate of drug-likeness (QED) is 0.370. The molecule has 1 aliphatic heterocycles. The monoisotopic (exact) mass is 298 g/mol. The number of ether oxygens (including phenoxy) is 1. The number of ketones is 1. The maximum absolute atomic E-state index is 11.7. The summed E-state index contributed by atoms with van der Waals surface area (Å²) in [5.74, 6) is -1.62. The number of nitrogens with zero attached hydrogens (tertiary/aromatic N) is 2. The van der Waals surface area contributed by atoms with E-state index in [2.05, 4.69) is 15.0 Å². The minimum absolute atomic E-state index is 0.0263. The molecule has 6 nitrogen and oxygen atoms in total. The fraction of sp³-hybridized carbons (Fsp3) is 0.188. The van der Waals surface area contributed by atoms with Crippen LogP contribution in [-0.4, -0.2) is 24.8 Å². The van der Waals surface area contributed by atoms with E-state index in [9.17, 15) is 14.4 Å². The summed E-state index contributed by atoms with van der Waals surface area (Å²) in [5.41, 5.74) is 1.54. The van der Waals surface area contributed by atoms with Gasteiger partial charge < -0.3 is 4.74 Å². The summed E-state index contributed by atoms with van der Waals surface area (Å²) >= 11 is 0. The van der Waals surface area contributed by atoms with Gasteiger partial charge in [-0.25, -0.2) is 4.79 Å². The van der Waals surface area contributed by atoms with Crippen molar-refractivity contribution in [1.82, 2.24) is 0 Å². The number of Topliss-reactive ketones (excluding diaryl/α,β-unsaturated/α-hetero) is 1. The van der Waals surface area contributed by atoms with Gasteiger partial charge in [-0.3, -0.25) is 9.59 Å². The number of benzene rings is 1. The van der Waals surface area contributed by atoms with Crippen LogP contribution in [0.5, 0.6) is 0 Å². The molecule has 1 aromatic carbocycles. The van der Waals surface area contributed by atoms with Crippen molar-refractivity contribution in [3.8, 4) is 0 Å². The van der Waals surface area contributed by atoms with Crippen molar-refractivity contribution < 1.29 is 19.1 Å². The Balaban J connectivity index is 2.57. The van der Waals surface area contributed by atoms with Crippen molar-refractivity contribution in [3.05, 3.63) is 53.1 Å². The second kappa shape index (κ2) is 6.71. The molecule has 0 unspecified atom stereocenters. The second-order valence-electron chi connectivity index (χ2n) is 4.62. The van der Waals surface area contributed by atoms with E-state index >= 15 is 0 Å². The maximum Gasteiger partial charge on any atom is 0.341 e. The van der Waals surface area contributed by atoms with E-state index in [1.807, 2.05) is 30.3 Å². The highest BCUT2D eigenvalue weighted by Gasteiger charge is 2.21. The summed E-state index contributed by atoms with van der Waals surface area (Å²) in [5, 5.41) is 7.46. The van der Waals surface area contributed by atoms with Gasteiger partial charge in [-0.1, -0.05) is 30.3 Å². The molecule has 1 aliphatic rings. The van der Waals surface area contributed by atoms with Gasteiger partial charge in [0.05, 0.1) is 19.2 Å². The number of esters is 1. The van der Waals surface area contributed by atoms with Crippen LogP contribution in [0.4, 0.5) is 0 Å². The lowest BCUT2D eigenvalue weighted by Gasteiger charge is -2.12. The first kappa shape index (κ1) is 15.5. The van der Waals surface area contributed by atoms with E-state index in [0.29, 0.717) is 11.3 Å². The number of methoxy groups -OCH3 is 1. The fourth-order valence-electron chi connectivity index (χ4n) is 2.00. The Morgan fingerprint density at radius 1 is 1.18 bits per heavy atom. The van der Waals surface area contributed by atoms with Gasteiger partial charge in [-0.05, 0) is 18.6 Å². The number of rotatable bonds is 4. The number of amides is 1. The second-order valence-corrected chi connectivity index (χ2v) is 4.62. The van der Waals surface area contributed by atoms with Crippen molar-refractivity contribution in [2.24, 2.45) is 10.2 Å². The van der Waals surface area contributed by atoms with E-state index in [0.717, 1.165) is 5.56 Å². The van der Waals surface area contributed by atoms with Gasteiger partial charge in [0.25, 0.3) is 5.91 Å². The Bertz CT molecular complexity index is 715. The lowest BCUT2D eigenvalue weighted by molar-refractivity contribution is -0.137. The Hall–Kier alpha value is -2.89. The third kappa shape index (κ3) is 3.41. The number of hydrogen-bond donors (Lipinski definition) is 0. The first-order valence-electron chi connectivity index (χ1n) is 6.57. The summed E-state index contributed by atoms with van der Waals surface area (Å²) in [6, 6.07) is 9.11. The van der Waals surface area contributed by atoms with Gasteiger partial charge in [-0.2, -0.15) is 0 Å². The lowest BCUT2D eigenvalue weighted by Crippen LogP contribution is -2.13. The molecule has 0 aliphatic carbocycles. The fourth-order valence-corrected chi connectivity index (χ4v) is 2.00. The van der Waals surface area contributed by atoms with Crippen LogP contribution in [0.15, 0.2) is 57.8 Å². The molecule has 1 amide bonds. The van der Waals surface area contributed by atoms with Gasteiger partial charge in [0, 0.05) is 5.56 Å². The van der Waals surface area contributed by atoms with E-state index < -0.39 is 17.7 Å². The van der Waals surface area contributed by atoms with E-state index in [4.69, 9.17) is 0 Å². The van der Waals surface area contributed by atoms with Crippen LogP contribution in [0, 0.1) is 0 Å². The molecule has 0 fully saturated rings. The number of carbonyl (C=O) groups excluding carboxylic acids is 3. The highest BCUT2D eigenvalue weighted by atomic mass is 16.5. The third-order valence-electron chi connectivity index (χ3n) is 3.06. The number of hydrogen-bond acceptors (Lipinski definition) is 5. The van der Waals surface area contributed by atoms with Gasteiger partial charge in [0.1, 0.15) is 5.57 Å². The topological polar surface area (TPSA) is 85.2 Å². The molecule has 0 bridgehead atoms. The molecule has 0 saturated carbocycles. The summed E-state index contributed by atoms with van der Waals surface area (Å²) in [6.45, 7) is 1.26. The lowest BCUT2D eigenvalue weighted by atomic mass is 9.99. The standard InChI is InChI=1S/C16H14N2O4/c1-10(19)13(16(21)22-2)8-12-9-14(20)17-18-15(12)11-6-4-3-5-7-11/h3-8H,9H2,1-2H3/b13-8-. The van der Waals surface area contributed by atoms with Crippen LogP contribution in [-0.2, 0) is 19.1 Å². The normalized spacial score (nSPS) is 15.0. The number of carbonyl (C=O) groups is 3. The summed E-state index contributed by atoms with van der Waals surface area (Å²) in [7, 11) is 1.19. The summed E-state index contributed by atoms with van der Waals surface area (Å²) in [6.07, 6.45) is 1.33. The highest BCUT2D eigenvalue weighted by molar-refractivity contribution is 6.17. The van der Waals surface area contributed by atoms with Crippen LogP contribution in [0.25, 0.3) is 5.70 Å². The molecule has 2 rings (SSSR count). The van der Waals surface area contributed by atoms with E-state index in [1.54, 1.807) is 0 Å². The van der Waals surface area contributed by atoms with Crippen LogP contribution in [0.2, 0.25) is 0 Å². The largest absolute Gasteiger partial charge is 0.465 e. The average Bonchev–Trinajstić information content (AvgIpc) is 2.52. The molecule has 0 aromatic heterocycles. The first-order chi connectivity index (χ1) is 10.5. The van der Waals surface area contributed by atoms with Crippen LogP contribution in [0.3, 0.4) is 0 Å². The Kier molecular flexibility index (Phi) is 4.73. The van der Waals surface area contributed by atoms with Crippen LogP contribution in [0.1, 0.15) is 18.9 Å². The van der Waals surface area contributed by atoms with Gasteiger partial charge >= 0.3 is 5.97 Å². The van der Waals surface area contributed by atoms with E-state index in [1.165, 1.54) is 20.1 Å². The van der Waals surface area contributed by atoms with Crippen molar-refractivity contribution in [1.29, 1.82) is 0 Å². The van der Waals surface area contributed by atoms with Crippen molar-refractivity contribution in [3.63, 3.8) is 0 Å². The first-order valence-corrected chi connectivity index (χ1v) is 6.57. The van der Waals surface area contributed by atoms with Crippen LogP contribution >= 0.6 is 0 Å². The zero-order valence-electron chi connectivity index (χ0n) is 12.2. The smallest absolute Gasteiger partial charge is 0.341 e. The minimum atomic E-state index is -0.748. The molecule has 0 N–H and O–H groups in total. The Morgan fingerprint density at radius 2 is 1.86 bits per heavy atom. The van der Waals surface area contributed by atoms with Crippen molar-refractivity contribution in [2.45, 2.75) is 13.3 Å². The molecular formula is C16H14N2O4. The molecular weight excluding hydrogens is 284 g/mol. The average molecular weight is 298 g/mol. The molecule has 1 heterocycles.